The van der Waals surface area contributed by atoms with Crippen molar-refractivity contribution in [3.63, 3.8) is 0 Å². The van der Waals surface area contributed by atoms with Crippen LogP contribution < -0.4 is 4.74 Å². The lowest BCUT2D eigenvalue weighted by molar-refractivity contribution is -0.251. The molecule has 1 saturated heterocycles. The summed E-state index contributed by atoms with van der Waals surface area (Å²) < 4.78 is 14.7. The number of ether oxygens (including phenoxy) is 3. The summed E-state index contributed by atoms with van der Waals surface area (Å²) in [5.74, 6) is -0.161. The van der Waals surface area contributed by atoms with Crippen molar-refractivity contribution in [2.24, 2.45) is 0 Å². The standard InChI is InChI=1S/C13H16O7/c1-18-8-4-2-7(3-5-8)12(16)20-11-10(15)9(14)6-19-13(11)17/h2-5,9-11,13-15,17H,6H2,1H3/t9-,10-,11-,13+/m1/s1. The van der Waals surface area contributed by atoms with Crippen molar-refractivity contribution in [3.8, 4) is 5.75 Å². The Morgan fingerprint density at radius 3 is 2.50 bits per heavy atom. The van der Waals surface area contributed by atoms with Crippen LogP contribution in [0.1, 0.15) is 10.4 Å². The molecule has 7 nitrogen and oxygen atoms in total. The highest BCUT2D eigenvalue weighted by atomic mass is 16.7. The average molecular weight is 284 g/mol. The maximum absolute atomic E-state index is 11.9. The fourth-order valence-corrected chi connectivity index (χ4v) is 1.82. The van der Waals surface area contributed by atoms with Crippen molar-refractivity contribution in [3.05, 3.63) is 29.8 Å². The smallest absolute Gasteiger partial charge is 0.338 e. The Morgan fingerprint density at radius 2 is 1.90 bits per heavy atom. The maximum atomic E-state index is 11.9. The third-order valence-electron chi connectivity index (χ3n) is 3.02. The van der Waals surface area contributed by atoms with Crippen molar-refractivity contribution in [1.29, 1.82) is 0 Å². The summed E-state index contributed by atoms with van der Waals surface area (Å²) in [7, 11) is 1.50. The molecule has 0 bridgehead atoms. The fourth-order valence-electron chi connectivity index (χ4n) is 1.82. The Morgan fingerprint density at radius 1 is 1.25 bits per heavy atom. The van der Waals surface area contributed by atoms with Gasteiger partial charge in [0.1, 0.15) is 18.0 Å². The van der Waals surface area contributed by atoms with Gasteiger partial charge in [-0.25, -0.2) is 4.79 Å². The van der Waals surface area contributed by atoms with Gasteiger partial charge in [-0.2, -0.15) is 0 Å². The van der Waals surface area contributed by atoms with Crippen LogP contribution in [0.4, 0.5) is 0 Å². The number of carbonyl (C=O) groups excluding carboxylic acids is 1. The zero-order chi connectivity index (χ0) is 14.7. The van der Waals surface area contributed by atoms with Crippen LogP contribution in [-0.4, -0.2) is 59.6 Å². The number of aliphatic hydroxyl groups is 3. The molecule has 0 saturated carbocycles. The first-order chi connectivity index (χ1) is 9.52. The third kappa shape index (κ3) is 3.07. The predicted octanol–water partition coefficient (Wildman–Crippen LogP) is -0.709. The molecule has 20 heavy (non-hydrogen) atoms. The number of benzene rings is 1. The highest BCUT2D eigenvalue weighted by Gasteiger charge is 2.40. The van der Waals surface area contributed by atoms with E-state index in [2.05, 4.69) is 0 Å². The molecular formula is C13H16O7. The highest BCUT2D eigenvalue weighted by Crippen LogP contribution is 2.19. The lowest BCUT2D eigenvalue weighted by Crippen LogP contribution is -2.54. The van der Waals surface area contributed by atoms with E-state index in [0.29, 0.717) is 5.75 Å². The predicted molar refractivity (Wildman–Crippen MR) is 66.2 cm³/mol. The number of methoxy groups -OCH3 is 1. The summed E-state index contributed by atoms with van der Waals surface area (Å²) in [6.07, 6.45) is -5.43. The summed E-state index contributed by atoms with van der Waals surface area (Å²) in [6, 6.07) is 6.13. The molecule has 0 spiro atoms. The molecule has 1 aliphatic heterocycles. The lowest BCUT2D eigenvalue weighted by Gasteiger charge is -2.34. The molecule has 0 aliphatic carbocycles. The molecule has 3 N–H and O–H groups in total. The second-order valence-electron chi connectivity index (χ2n) is 4.38. The van der Waals surface area contributed by atoms with Gasteiger partial charge in [0.25, 0.3) is 0 Å². The summed E-state index contributed by atoms with van der Waals surface area (Å²) in [4.78, 5) is 11.9. The molecule has 4 atom stereocenters. The Labute approximate surface area is 115 Å². The topological polar surface area (TPSA) is 105 Å². The molecule has 0 unspecified atom stereocenters. The minimum absolute atomic E-state index is 0.223. The Hall–Kier alpha value is -1.67. The summed E-state index contributed by atoms with van der Waals surface area (Å²) in [5.41, 5.74) is 0.227. The first kappa shape index (κ1) is 14.7. The summed E-state index contributed by atoms with van der Waals surface area (Å²) in [5, 5.41) is 28.7. The van der Waals surface area contributed by atoms with Crippen LogP contribution in [0.5, 0.6) is 5.75 Å². The van der Waals surface area contributed by atoms with E-state index in [1.165, 1.54) is 19.2 Å². The zero-order valence-corrected chi connectivity index (χ0v) is 10.8. The molecule has 110 valence electrons. The first-order valence-corrected chi connectivity index (χ1v) is 6.03. The van der Waals surface area contributed by atoms with E-state index in [0.717, 1.165) is 0 Å². The molecule has 1 aliphatic rings. The molecule has 1 heterocycles. The number of carbonyl (C=O) groups is 1. The highest BCUT2D eigenvalue weighted by molar-refractivity contribution is 5.89. The normalized spacial score (nSPS) is 29.8. The van der Waals surface area contributed by atoms with Crippen LogP contribution in [0.15, 0.2) is 24.3 Å². The van der Waals surface area contributed by atoms with Gasteiger partial charge < -0.3 is 29.5 Å². The van der Waals surface area contributed by atoms with Crippen LogP contribution in [0, 0.1) is 0 Å². The second kappa shape index (κ2) is 6.19. The second-order valence-corrected chi connectivity index (χ2v) is 4.38. The molecule has 0 radical (unpaired) electrons. The van der Waals surface area contributed by atoms with E-state index in [4.69, 9.17) is 14.2 Å². The first-order valence-electron chi connectivity index (χ1n) is 6.03. The van der Waals surface area contributed by atoms with Crippen LogP contribution in [0.3, 0.4) is 0 Å². The fraction of sp³-hybridized carbons (Fsp3) is 0.462. The van der Waals surface area contributed by atoms with E-state index in [9.17, 15) is 20.1 Å². The number of aliphatic hydroxyl groups excluding tert-OH is 3. The van der Waals surface area contributed by atoms with Gasteiger partial charge in [0.2, 0.25) is 0 Å². The molecule has 0 amide bonds. The minimum atomic E-state index is -1.48. The van der Waals surface area contributed by atoms with Crippen LogP contribution in [-0.2, 0) is 9.47 Å². The van der Waals surface area contributed by atoms with Crippen LogP contribution in [0.2, 0.25) is 0 Å². The van der Waals surface area contributed by atoms with E-state index < -0.39 is 30.6 Å². The van der Waals surface area contributed by atoms with Gasteiger partial charge in [0.05, 0.1) is 19.3 Å². The van der Waals surface area contributed by atoms with Gasteiger partial charge in [-0.05, 0) is 24.3 Å². The molecule has 1 aromatic rings. The molecule has 0 aromatic heterocycles. The zero-order valence-electron chi connectivity index (χ0n) is 10.8. The van der Waals surface area contributed by atoms with E-state index >= 15 is 0 Å². The Kier molecular flexibility index (Phi) is 4.56. The summed E-state index contributed by atoms with van der Waals surface area (Å²) in [6.45, 7) is -0.223. The maximum Gasteiger partial charge on any atom is 0.338 e. The van der Waals surface area contributed by atoms with Gasteiger partial charge in [-0.15, -0.1) is 0 Å². The van der Waals surface area contributed by atoms with Crippen molar-refractivity contribution < 1.29 is 34.3 Å². The van der Waals surface area contributed by atoms with Crippen molar-refractivity contribution >= 4 is 5.97 Å². The molecule has 7 heteroatoms. The monoisotopic (exact) mass is 284 g/mol. The Balaban J connectivity index is 2.05. The van der Waals surface area contributed by atoms with E-state index in [1.54, 1.807) is 12.1 Å². The minimum Gasteiger partial charge on any atom is -0.497 e. The van der Waals surface area contributed by atoms with Gasteiger partial charge in [-0.1, -0.05) is 0 Å². The van der Waals surface area contributed by atoms with Gasteiger partial charge in [0.15, 0.2) is 12.4 Å². The summed E-state index contributed by atoms with van der Waals surface area (Å²) >= 11 is 0. The lowest BCUT2D eigenvalue weighted by atomic mass is 10.1. The van der Waals surface area contributed by atoms with Gasteiger partial charge in [-0.3, -0.25) is 0 Å². The van der Waals surface area contributed by atoms with Crippen molar-refractivity contribution in [1.82, 2.24) is 0 Å². The van der Waals surface area contributed by atoms with Gasteiger partial charge in [0, 0.05) is 0 Å². The van der Waals surface area contributed by atoms with Crippen LogP contribution >= 0.6 is 0 Å². The SMILES string of the molecule is COc1ccc(C(=O)O[C@@H]2[C@H](O)[C@H](O)CO[C@@H]2O)cc1. The number of rotatable bonds is 3. The largest absolute Gasteiger partial charge is 0.497 e. The van der Waals surface area contributed by atoms with Gasteiger partial charge >= 0.3 is 5.97 Å². The Bertz CT molecular complexity index is 458. The van der Waals surface area contributed by atoms with Crippen molar-refractivity contribution in [2.75, 3.05) is 13.7 Å². The molecule has 2 rings (SSSR count). The number of hydrogen-bond acceptors (Lipinski definition) is 7. The molecule has 1 aromatic carbocycles. The van der Waals surface area contributed by atoms with Crippen LogP contribution in [0.25, 0.3) is 0 Å². The van der Waals surface area contributed by atoms with E-state index in [-0.39, 0.29) is 12.2 Å². The number of hydrogen-bond donors (Lipinski definition) is 3. The quantitative estimate of drug-likeness (QED) is 0.630. The average Bonchev–Trinajstić information content (AvgIpc) is 2.47. The molecule has 1 fully saturated rings. The molecular weight excluding hydrogens is 268 g/mol. The van der Waals surface area contributed by atoms with Crippen molar-refractivity contribution in [2.45, 2.75) is 24.6 Å². The number of esters is 1. The third-order valence-corrected chi connectivity index (χ3v) is 3.02. The van der Waals surface area contributed by atoms with E-state index in [1.807, 2.05) is 0 Å².